The van der Waals surface area contributed by atoms with E-state index < -0.39 is 0 Å². The lowest BCUT2D eigenvalue weighted by molar-refractivity contribution is 0.686. The van der Waals surface area contributed by atoms with E-state index in [4.69, 9.17) is 5.73 Å². The van der Waals surface area contributed by atoms with Gasteiger partial charge in [-0.3, -0.25) is 5.01 Å². The molecule has 0 atom stereocenters. The van der Waals surface area contributed by atoms with Crippen molar-refractivity contribution < 1.29 is 0 Å². The van der Waals surface area contributed by atoms with E-state index in [1.54, 1.807) is 11.2 Å². The molecule has 0 aliphatic carbocycles. The predicted octanol–water partition coefficient (Wildman–Crippen LogP) is -0.146. The van der Waals surface area contributed by atoms with E-state index in [1.165, 1.54) is 0 Å². The van der Waals surface area contributed by atoms with E-state index in [9.17, 15) is 0 Å². The largest absolute Gasteiger partial charge is 0.312 e. The van der Waals surface area contributed by atoms with Crippen LogP contribution >= 0.6 is 0 Å². The molecule has 0 spiro atoms. The van der Waals surface area contributed by atoms with Crippen molar-refractivity contribution in [2.45, 2.75) is 0 Å². The van der Waals surface area contributed by atoms with Gasteiger partial charge >= 0.3 is 0 Å². The number of hydrogen-bond acceptors (Lipinski definition) is 6. The van der Waals surface area contributed by atoms with E-state index in [2.05, 4.69) is 20.9 Å². The monoisotopic (exact) mass is 214 g/mol. The summed E-state index contributed by atoms with van der Waals surface area (Å²) in [5, 5.41) is 15.8. The Labute approximate surface area is 91.4 Å². The maximum atomic E-state index is 5.63. The molecule has 1 aromatic carbocycles. The van der Waals surface area contributed by atoms with Gasteiger partial charge in [-0.05, 0) is 12.1 Å². The molecule has 6 heteroatoms. The molecule has 2 aliphatic heterocycles. The van der Waals surface area contributed by atoms with E-state index in [0.29, 0.717) is 6.67 Å². The van der Waals surface area contributed by atoms with Crippen molar-refractivity contribution in [1.82, 2.24) is 5.53 Å². The van der Waals surface area contributed by atoms with Crippen molar-refractivity contribution >= 4 is 17.5 Å². The molecule has 0 saturated carbocycles. The van der Waals surface area contributed by atoms with Gasteiger partial charge in [-0.25, -0.2) is 5.53 Å². The molecular formula is C10H10N6. The quantitative estimate of drug-likeness (QED) is 0.682. The highest BCUT2D eigenvalue weighted by molar-refractivity contribution is 5.69. The number of allylic oxidation sites excluding steroid dienone is 1. The van der Waals surface area contributed by atoms with Gasteiger partial charge < -0.3 is 5.73 Å². The first-order valence-corrected chi connectivity index (χ1v) is 4.92. The Morgan fingerprint density at radius 2 is 2.31 bits per heavy atom. The lowest BCUT2D eigenvalue weighted by atomic mass is 10.2. The molecule has 2 heterocycles. The Morgan fingerprint density at radius 3 is 3.19 bits per heavy atom. The fourth-order valence-electron chi connectivity index (χ4n) is 1.75. The molecule has 0 unspecified atom stereocenters. The van der Waals surface area contributed by atoms with Gasteiger partial charge in [0.25, 0.3) is 0 Å². The summed E-state index contributed by atoms with van der Waals surface area (Å²) < 4.78 is 0. The second kappa shape index (κ2) is 3.42. The normalized spacial score (nSPS) is 15.7. The van der Waals surface area contributed by atoms with Crippen LogP contribution in [-0.2, 0) is 0 Å². The van der Waals surface area contributed by atoms with Gasteiger partial charge in [-0.1, -0.05) is 12.1 Å². The second-order valence-corrected chi connectivity index (χ2v) is 3.42. The van der Waals surface area contributed by atoms with Gasteiger partial charge in [0.05, 0.1) is 6.67 Å². The van der Waals surface area contributed by atoms with Crippen LogP contribution in [0.25, 0.3) is 6.08 Å². The number of nitrogens with two attached hydrogens (primary N) is 1. The number of nitrogens with zero attached hydrogens (tertiary/aromatic N) is 4. The average molecular weight is 214 g/mol. The van der Waals surface area contributed by atoms with Gasteiger partial charge in [-0.15, -0.1) is 5.11 Å². The zero-order valence-corrected chi connectivity index (χ0v) is 8.46. The maximum Gasteiger partial charge on any atom is 0.120 e. The lowest BCUT2D eigenvalue weighted by Gasteiger charge is -2.16. The molecule has 3 N–H and O–H groups in total. The Balaban J connectivity index is 2.33. The van der Waals surface area contributed by atoms with E-state index in [0.717, 1.165) is 22.0 Å². The number of rotatable bonds is 1. The summed E-state index contributed by atoms with van der Waals surface area (Å²) in [4.78, 5) is 0. The molecule has 80 valence electrons. The molecule has 2 aliphatic rings. The zero-order chi connectivity index (χ0) is 11.0. The molecule has 3 rings (SSSR count). The predicted molar refractivity (Wildman–Crippen MR) is 60.0 cm³/mol. The number of anilines is 1. The summed E-state index contributed by atoms with van der Waals surface area (Å²) in [6.07, 6.45) is 5.47. The molecular weight excluding hydrogens is 204 g/mol. The first-order chi connectivity index (χ1) is 7.90. The van der Waals surface area contributed by atoms with Crippen LogP contribution in [0.1, 0.15) is 0 Å². The first kappa shape index (κ1) is 9.05. The minimum absolute atomic E-state index is 0.329. The molecule has 0 amide bonds. The van der Waals surface area contributed by atoms with Crippen molar-refractivity contribution in [3.63, 3.8) is 0 Å². The molecule has 0 aromatic heterocycles. The Hall–Kier alpha value is -2.21. The smallest absolute Gasteiger partial charge is 0.120 e. The van der Waals surface area contributed by atoms with E-state index in [-0.39, 0.29) is 0 Å². The van der Waals surface area contributed by atoms with Crippen LogP contribution in [0.3, 0.4) is 0 Å². The number of benzene rings is 1. The Kier molecular flexibility index (Phi) is 1.94. The molecule has 0 saturated heterocycles. The maximum absolute atomic E-state index is 5.63. The van der Waals surface area contributed by atoms with E-state index >= 15 is 0 Å². The highest BCUT2D eigenvalue weighted by Gasteiger charge is 2.18. The third kappa shape index (κ3) is 1.20. The minimum Gasteiger partial charge on any atom is -0.312 e. The molecule has 0 fully saturated rings. The third-order valence-corrected chi connectivity index (χ3v) is 2.49. The number of hydrogen-bond donors (Lipinski definition) is 2. The van der Waals surface area contributed by atoms with Gasteiger partial charge in [-0.2, -0.15) is 10.2 Å². The second-order valence-electron chi connectivity index (χ2n) is 3.42. The first-order valence-electron chi connectivity index (χ1n) is 4.92. The standard InChI is InChI=1S/C10H10N6/c11-6-16-10-8(13-15-16)4-3-7-2-1-5-12-14-9(7)10/h1-5,15H,6,11H2. The molecule has 6 nitrogen and oxygen atoms in total. The van der Waals surface area contributed by atoms with Crippen LogP contribution in [0.5, 0.6) is 0 Å². The van der Waals surface area contributed by atoms with Crippen molar-refractivity contribution in [1.29, 1.82) is 0 Å². The average Bonchev–Trinajstić information content (AvgIpc) is 2.58. The van der Waals surface area contributed by atoms with Crippen LogP contribution in [0, 0.1) is 0 Å². The highest BCUT2D eigenvalue weighted by atomic mass is 15.7. The third-order valence-electron chi connectivity index (χ3n) is 2.49. The van der Waals surface area contributed by atoms with Crippen molar-refractivity contribution in [3.8, 4) is 0 Å². The van der Waals surface area contributed by atoms with Crippen LogP contribution in [0.15, 0.2) is 39.7 Å². The van der Waals surface area contributed by atoms with E-state index in [1.807, 2.05) is 24.3 Å². The fourth-order valence-corrected chi connectivity index (χ4v) is 1.75. The van der Waals surface area contributed by atoms with Gasteiger partial charge in [0, 0.05) is 11.4 Å². The number of azo groups is 1. The Morgan fingerprint density at radius 1 is 1.38 bits per heavy atom. The molecule has 0 bridgehead atoms. The SMILES string of the molecule is NCN1NN=c2ccc3c(c21)N=NC=CC=3. The van der Waals surface area contributed by atoms with Crippen LogP contribution < -0.4 is 26.9 Å². The summed E-state index contributed by atoms with van der Waals surface area (Å²) in [7, 11) is 0. The number of fused-ring (bicyclic) bond motifs is 3. The zero-order valence-electron chi connectivity index (χ0n) is 8.46. The van der Waals surface area contributed by atoms with Gasteiger partial charge in [0.1, 0.15) is 16.7 Å². The highest BCUT2D eigenvalue weighted by Crippen LogP contribution is 2.22. The molecule has 1 aromatic rings. The van der Waals surface area contributed by atoms with Crippen LogP contribution in [-0.4, -0.2) is 6.67 Å². The van der Waals surface area contributed by atoms with Gasteiger partial charge in [0.15, 0.2) is 0 Å². The summed E-state index contributed by atoms with van der Waals surface area (Å²) >= 11 is 0. The summed E-state index contributed by atoms with van der Waals surface area (Å²) in [5.41, 5.74) is 10.1. The molecule has 16 heavy (non-hydrogen) atoms. The summed E-state index contributed by atoms with van der Waals surface area (Å²) in [6, 6.07) is 3.90. The van der Waals surface area contributed by atoms with Crippen LogP contribution in [0.2, 0.25) is 0 Å². The summed E-state index contributed by atoms with van der Waals surface area (Å²) in [5.74, 6) is 0. The molecule has 0 radical (unpaired) electrons. The summed E-state index contributed by atoms with van der Waals surface area (Å²) in [6.45, 7) is 0.329. The minimum atomic E-state index is 0.329. The van der Waals surface area contributed by atoms with Crippen molar-refractivity contribution in [2.75, 3.05) is 11.7 Å². The lowest BCUT2D eigenvalue weighted by Crippen LogP contribution is -2.37. The van der Waals surface area contributed by atoms with Crippen molar-refractivity contribution in [3.05, 3.63) is 35.0 Å². The number of hydrazine groups is 1. The fraction of sp³-hybridized carbons (Fsp3) is 0.100. The van der Waals surface area contributed by atoms with Gasteiger partial charge in [0.2, 0.25) is 0 Å². The van der Waals surface area contributed by atoms with Crippen molar-refractivity contribution in [2.24, 2.45) is 21.1 Å². The Bertz CT molecular complexity index is 600. The topological polar surface area (TPSA) is 78.4 Å². The van der Waals surface area contributed by atoms with Crippen LogP contribution in [0.4, 0.5) is 11.4 Å². The number of nitrogens with one attached hydrogen (secondary N) is 1.